The van der Waals surface area contributed by atoms with Crippen LogP contribution in [0, 0.1) is 23.7 Å². The number of rotatable bonds is 13. The summed E-state index contributed by atoms with van der Waals surface area (Å²) in [7, 11) is 0. The fourth-order valence-corrected chi connectivity index (χ4v) is 7.15. The Morgan fingerprint density at radius 3 is 1.78 bits per heavy atom. The molecule has 0 N–H and O–H groups in total. The van der Waals surface area contributed by atoms with E-state index in [1.54, 1.807) is 0 Å². The molecule has 0 bridgehead atoms. The quantitative estimate of drug-likeness (QED) is 0.255. The lowest BCUT2D eigenvalue weighted by Crippen LogP contribution is -2.20. The Labute approximate surface area is 222 Å². The summed E-state index contributed by atoms with van der Waals surface area (Å²) in [4.78, 5) is 0. The molecule has 0 aromatic heterocycles. The molecule has 0 amide bonds. The third kappa shape index (κ3) is 8.39. The van der Waals surface area contributed by atoms with E-state index in [2.05, 4.69) is 62.4 Å². The highest BCUT2D eigenvalue weighted by Crippen LogP contribution is 2.36. The molecule has 2 atom stereocenters. The van der Waals surface area contributed by atoms with Crippen molar-refractivity contribution in [3.63, 3.8) is 0 Å². The fourth-order valence-electron chi connectivity index (χ4n) is 7.15. The lowest BCUT2D eigenvalue weighted by Gasteiger charge is -2.31. The van der Waals surface area contributed by atoms with Gasteiger partial charge in [0.15, 0.2) is 0 Å². The van der Waals surface area contributed by atoms with E-state index in [0.29, 0.717) is 0 Å². The Balaban J connectivity index is 1.17. The van der Waals surface area contributed by atoms with Crippen molar-refractivity contribution in [3.8, 4) is 16.9 Å². The number of benzene rings is 2. The highest BCUT2D eigenvalue weighted by molar-refractivity contribution is 5.64. The van der Waals surface area contributed by atoms with Crippen LogP contribution in [0.2, 0.25) is 0 Å². The average Bonchev–Trinajstić information content (AvgIpc) is 2.93. The molecule has 2 unspecified atom stereocenters. The second-order valence-corrected chi connectivity index (χ2v) is 12.0. The van der Waals surface area contributed by atoms with Gasteiger partial charge in [0.25, 0.3) is 0 Å². The highest BCUT2D eigenvalue weighted by atomic mass is 16.5. The van der Waals surface area contributed by atoms with Gasteiger partial charge in [-0.2, -0.15) is 0 Å². The first-order valence-electron chi connectivity index (χ1n) is 15.6. The van der Waals surface area contributed by atoms with Gasteiger partial charge < -0.3 is 4.74 Å². The van der Waals surface area contributed by atoms with E-state index in [-0.39, 0.29) is 0 Å². The Hall–Kier alpha value is -1.76. The maximum Gasteiger partial charge on any atom is 0.119 e. The van der Waals surface area contributed by atoms with E-state index >= 15 is 0 Å². The van der Waals surface area contributed by atoms with Crippen LogP contribution in [-0.4, -0.2) is 6.61 Å². The first-order valence-corrected chi connectivity index (χ1v) is 15.6. The maximum atomic E-state index is 6.11. The molecule has 0 heterocycles. The topological polar surface area (TPSA) is 9.23 Å². The smallest absolute Gasteiger partial charge is 0.119 e. The summed E-state index contributed by atoms with van der Waals surface area (Å²) < 4.78 is 6.11. The summed E-state index contributed by atoms with van der Waals surface area (Å²) in [5.74, 6) is 4.89. The van der Waals surface area contributed by atoms with Crippen LogP contribution in [0.5, 0.6) is 5.75 Å². The second-order valence-electron chi connectivity index (χ2n) is 12.0. The molecule has 2 aromatic carbocycles. The molecule has 0 saturated heterocycles. The Kier molecular flexibility index (Phi) is 11.3. The van der Waals surface area contributed by atoms with E-state index in [1.807, 2.05) is 0 Å². The normalized spacial score (nSPS) is 24.5. The van der Waals surface area contributed by atoms with Gasteiger partial charge in [-0.1, -0.05) is 127 Å². The van der Waals surface area contributed by atoms with Gasteiger partial charge in [0, 0.05) is 0 Å². The molecule has 2 fully saturated rings. The van der Waals surface area contributed by atoms with Gasteiger partial charge in [-0.15, -0.1) is 0 Å². The average molecular weight is 489 g/mol. The molecule has 198 valence electrons. The molecule has 2 aliphatic carbocycles. The van der Waals surface area contributed by atoms with E-state index in [0.717, 1.165) is 36.0 Å². The van der Waals surface area contributed by atoms with Crippen LogP contribution >= 0.6 is 0 Å². The van der Waals surface area contributed by atoms with Gasteiger partial charge >= 0.3 is 0 Å². The molecule has 2 saturated carbocycles. The van der Waals surface area contributed by atoms with Gasteiger partial charge in [0.2, 0.25) is 0 Å². The summed E-state index contributed by atoms with van der Waals surface area (Å²) in [6.07, 6.45) is 22.3. The van der Waals surface area contributed by atoms with E-state index < -0.39 is 0 Å². The molecule has 4 rings (SSSR count). The Morgan fingerprint density at radius 1 is 0.611 bits per heavy atom. The number of aryl methyl sites for hydroxylation is 1. The zero-order valence-electron chi connectivity index (χ0n) is 23.4. The molecule has 1 heteroatoms. The van der Waals surface area contributed by atoms with Crippen LogP contribution in [0.15, 0.2) is 48.5 Å². The summed E-state index contributed by atoms with van der Waals surface area (Å²) in [6, 6.07) is 18.0. The van der Waals surface area contributed by atoms with E-state index in [4.69, 9.17) is 4.74 Å². The predicted molar refractivity (Wildman–Crippen MR) is 156 cm³/mol. The molecule has 2 aromatic rings. The minimum atomic E-state index is 0.851. The van der Waals surface area contributed by atoms with Crippen molar-refractivity contribution in [2.24, 2.45) is 23.7 Å². The molecule has 0 radical (unpaired) electrons. The van der Waals surface area contributed by atoms with Crippen LogP contribution in [-0.2, 0) is 6.42 Å². The van der Waals surface area contributed by atoms with Crippen molar-refractivity contribution in [3.05, 3.63) is 54.1 Å². The minimum absolute atomic E-state index is 0.851. The van der Waals surface area contributed by atoms with Crippen LogP contribution in [0.3, 0.4) is 0 Å². The van der Waals surface area contributed by atoms with Crippen LogP contribution in [0.4, 0.5) is 0 Å². The molecule has 2 aliphatic rings. The van der Waals surface area contributed by atoms with E-state index in [9.17, 15) is 0 Å². The minimum Gasteiger partial charge on any atom is -0.494 e. The van der Waals surface area contributed by atoms with Crippen LogP contribution < -0.4 is 4.74 Å². The van der Waals surface area contributed by atoms with Gasteiger partial charge in [-0.25, -0.2) is 0 Å². The summed E-state index contributed by atoms with van der Waals surface area (Å²) in [5, 5.41) is 0. The number of hydrogen-bond donors (Lipinski definition) is 0. The monoisotopic (exact) mass is 488 g/mol. The lowest BCUT2D eigenvalue weighted by atomic mass is 9.75. The lowest BCUT2D eigenvalue weighted by molar-refractivity contribution is 0.193. The van der Waals surface area contributed by atoms with Crippen molar-refractivity contribution in [2.45, 2.75) is 117 Å². The zero-order valence-corrected chi connectivity index (χ0v) is 23.4. The van der Waals surface area contributed by atoms with Crippen molar-refractivity contribution in [1.29, 1.82) is 0 Å². The highest BCUT2D eigenvalue weighted by Gasteiger charge is 2.24. The van der Waals surface area contributed by atoms with Crippen molar-refractivity contribution >= 4 is 0 Å². The fraction of sp³-hybridized carbons (Fsp3) is 0.657. The molecular formula is C35H52O. The molecule has 36 heavy (non-hydrogen) atoms. The Bertz CT molecular complexity index is 841. The summed E-state index contributed by atoms with van der Waals surface area (Å²) in [6.45, 7) is 5.52. The van der Waals surface area contributed by atoms with Crippen LogP contribution in [0.25, 0.3) is 11.1 Å². The summed E-state index contributed by atoms with van der Waals surface area (Å²) >= 11 is 0. The van der Waals surface area contributed by atoms with Gasteiger partial charge in [-0.05, 0) is 78.2 Å². The van der Waals surface area contributed by atoms with Crippen molar-refractivity contribution in [1.82, 2.24) is 0 Å². The number of hydrogen-bond acceptors (Lipinski definition) is 1. The summed E-state index contributed by atoms with van der Waals surface area (Å²) in [5.41, 5.74) is 4.09. The van der Waals surface area contributed by atoms with Gasteiger partial charge in [-0.3, -0.25) is 0 Å². The second kappa shape index (κ2) is 14.8. The van der Waals surface area contributed by atoms with E-state index in [1.165, 1.54) is 119 Å². The molecular weight excluding hydrogens is 436 g/mol. The SMILES string of the molecule is CCCC1CCC(CCc2ccc(-c3ccc(OCCCC4CCCCC4CCC)cc3)cc2)CC1. The van der Waals surface area contributed by atoms with Crippen molar-refractivity contribution < 1.29 is 4.74 Å². The first kappa shape index (κ1) is 27.3. The third-order valence-corrected chi connectivity index (χ3v) is 9.36. The third-order valence-electron chi connectivity index (χ3n) is 9.36. The van der Waals surface area contributed by atoms with Crippen LogP contribution in [0.1, 0.15) is 116 Å². The molecule has 0 spiro atoms. The molecule has 1 nitrogen and oxygen atoms in total. The number of ether oxygens (including phenoxy) is 1. The molecule has 0 aliphatic heterocycles. The zero-order chi connectivity index (χ0) is 25.0. The van der Waals surface area contributed by atoms with Gasteiger partial charge in [0.05, 0.1) is 6.61 Å². The Morgan fingerprint density at radius 2 is 1.17 bits per heavy atom. The first-order chi connectivity index (χ1) is 17.7. The predicted octanol–water partition coefficient (Wildman–Crippen LogP) is 10.7. The largest absolute Gasteiger partial charge is 0.494 e. The standard InChI is InChI=1S/C35H52O/c1-3-8-28-13-15-29(16-14-28)17-18-30-19-21-33(22-20-30)34-23-25-35(26-24-34)36-27-7-12-32-11-6-5-10-31(32)9-4-2/h19-26,28-29,31-32H,3-18,27H2,1-2H3. The van der Waals surface area contributed by atoms with Crippen molar-refractivity contribution in [2.75, 3.05) is 6.61 Å². The maximum absolute atomic E-state index is 6.11. The van der Waals surface area contributed by atoms with Gasteiger partial charge in [0.1, 0.15) is 5.75 Å².